The van der Waals surface area contributed by atoms with Gasteiger partial charge in [0, 0.05) is 12.3 Å². The Bertz CT molecular complexity index is 531. The van der Waals surface area contributed by atoms with Gasteiger partial charge in [-0.25, -0.2) is 9.37 Å². The van der Waals surface area contributed by atoms with Crippen LogP contribution in [0.1, 0.15) is 11.6 Å². The molecule has 0 radical (unpaired) electrons. The van der Waals surface area contributed by atoms with Crippen molar-refractivity contribution in [3.05, 3.63) is 54.0 Å². The summed E-state index contributed by atoms with van der Waals surface area (Å²) in [5.41, 5.74) is 1.10. The number of para-hydroxylation sites is 1. The zero-order valence-corrected chi connectivity index (χ0v) is 10.5. The molecule has 1 unspecified atom stereocenters. The highest BCUT2D eigenvalue weighted by Crippen LogP contribution is 2.22. The van der Waals surface area contributed by atoms with Gasteiger partial charge in [-0.15, -0.1) is 0 Å². The average Bonchev–Trinajstić information content (AvgIpc) is 2.47. The van der Waals surface area contributed by atoms with Crippen molar-refractivity contribution in [2.24, 2.45) is 0 Å². The summed E-state index contributed by atoms with van der Waals surface area (Å²) in [4.78, 5) is 4.06. The van der Waals surface area contributed by atoms with Gasteiger partial charge in [0.25, 0.3) is 0 Å². The van der Waals surface area contributed by atoms with E-state index in [2.05, 4.69) is 10.3 Å². The van der Waals surface area contributed by atoms with Crippen LogP contribution >= 0.6 is 0 Å². The quantitative estimate of drug-likeness (QED) is 0.868. The number of nitrogens with one attached hydrogen (secondary N) is 1. The van der Waals surface area contributed by atoms with Crippen molar-refractivity contribution < 1.29 is 14.2 Å². The lowest BCUT2D eigenvalue weighted by atomic mass is 10.1. The Hall–Kier alpha value is -2.14. The fourth-order valence-electron chi connectivity index (χ4n) is 1.72. The number of aromatic nitrogens is 1. The third kappa shape index (κ3) is 3.20. The highest BCUT2D eigenvalue weighted by atomic mass is 19.1. The number of rotatable bonds is 5. The fourth-order valence-corrected chi connectivity index (χ4v) is 1.72. The number of ether oxygens (including phenoxy) is 1. The molecule has 1 heterocycles. The molecule has 2 aromatic rings. The molecule has 0 aliphatic carbocycles. The van der Waals surface area contributed by atoms with Gasteiger partial charge in [-0.1, -0.05) is 12.1 Å². The van der Waals surface area contributed by atoms with E-state index < -0.39 is 6.04 Å². The lowest BCUT2D eigenvalue weighted by Gasteiger charge is -2.18. The summed E-state index contributed by atoms with van der Waals surface area (Å²) in [6.07, 6.45) is 1.59. The van der Waals surface area contributed by atoms with Crippen LogP contribution in [0.5, 0.6) is 5.88 Å². The molecule has 0 saturated heterocycles. The number of hydrogen-bond donors (Lipinski definition) is 2. The van der Waals surface area contributed by atoms with Gasteiger partial charge in [-0.3, -0.25) is 0 Å². The molecule has 2 N–H and O–H groups in total. The smallest absolute Gasteiger partial charge is 0.212 e. The van der Waals surface area contributed by atoms with E-state index in [1.165, 1.54) is 13.2 Å². The minimum absolute atomic E-state index is 0.164. The molecule has 0 saturated carbocycles. The van der Waals surface area contributed by atoms with Crippen molar-refractivity contribution in [3.8, 4) is 5.88 Å². The van der Waals surface area contributed by atoms with Gasteiger partial charge < -0.3 is 15.2 Å². The fraction of sp³-hybridized carbons (Fsp3) is 0.214. The SMILES string of the molecule is COc1ccc(C(CO)Nc2ccccc2F)cn1. The Balaban J connectivity index is 2.17. The standard InChI is InChI=1S/C14H15FN2O2/c1-19-14-7-6-10(8-16-14)13(9-18)17-12-5-3-2-4-11(12)15/h2-8,13,17-18H,9H2,1H3. The highest BCUT2D eigenvalue weighted by Gasteiger charge is 2.12. The van der Waals surface area contributed by atoms with E-state index in [1.54, 1.807) is 36.5 Å². The predicted molar refractivity (Wildman–Crippen MR) is 70.6 cm³/mol. The van der Waals surface area contributed by atoms with Crippen LogP contribution in [-0.2, 0) is 0 Å². The highest BCUT2D eigenvalue weighted by molar-refractivity contribution is 5.46. The molecule has 0 bridgehead atoms. The van der Waals surface area contributed by atoms with Gasteiger partial charge in [0.15, 0.2) is 0 Å². The Morgan fingerprint density at radius 1 is 1.32 bits per heavy atom. The number of nitrogens with zero attached hydrogens (tertiary/aromatic N) is 1. The van der Waals surface area contributed by atoms with Crippen LogP contribution in [0.4, 0.5) is 10.1 Å². The third-order valence-electron chi connectivity index (χ3n) is 2.76. The first-order valence-corrected chi connectivity index (χ1v) is 5.86. The maximum absolute atomic E-state index is 13.5. The number of halogens is 1. The van der Waals surface area contributed by atoms with Gasteiger partial charge >= 0.3 is 0 Å². The Morgan fingerprint density at radius 3 is 2.68 bits per heavy atom. The normalized spacial score (nSPS) is 11.9. The Morgan fingerprint density at radius 2 is 2.11 bits per heavy atom. The molecule has 0 spiro atoms. The van der Waals surface area contributed by atoms with E-state index in [4.69, 9.17) is 4.74 Å². The number of anilines is 1. The molecule has 0 aliphatic rings. The number of benzene rings is 1. The van der Waals surface area contributed by atoms with Crippen molar-refractivity contribution in [3.63, 3.8) is 0 Å². The molecule has 1 atom stereocenters. The number of methoxy groups -OCH3 is 1. The van der Waals surface area contributed by atoms with Crippen LogP contribution < -0.4 is 10.1 Å². The van der Waals surface area contributed by atoms with Crippen LogP contribution in [0.15, 0.2) is 42.6 Å². The molecular weight excluding hydrogens is 247 g/mol. The summed E-state index contributed by atoms with van der Waals surface area (Å²) in [7, 11) is 1.53. The van der Waals surface area contributed by atoms with E-state index >= 15 is 0 Å². The van der Waals surface area contributed by atoms with E-state index in [9.17, 15) is 9.50 Å². The second-order valence-corrected chi connectivity index (χ2v) is 3.99. The first-order valence-electron chi connectivity index (χ1n) is 5.86. The van der Waals surface area contributed by atoms with E-state index in [0.29, 0.717) is 11.6 Å². The molecule has 0 amide bonds. The molecule has 5 heteroatoms. The van der Waals surface area contributed by atoms with Gasteiger partial charge in [-0.2, -0.15) is 0 Å². The van der Waals surface area contributed by atoms with Crippen molar-refractivity contribution in [1.82, 2.24) is 4.98 Å². The lowest BCUT2D eigenvalue weighted by Crippen LogP contribution is -2.15. The minimum Gasteiger partial charge on any atom is -0.481 e. The van der Waals surface area contributed by atoms with Gasteiger partial charge in [-0.05, 0) is 23.8 Å². The maximum atomic E-state index is 13.5. The first-order chi connectivity index (χ1) is 9.24. The molecule has 1 aromatic carbocycles. The zero-order chi connectivity index (χ0) is 13.7. The molecule has 2 rings (SSSR count). The largest absolute Gasteiger partial charge is 0.481 e. The van der Waals surface area contributed by atoms with Crippen molar-refractivity contribution in [2.45, 2.75) is 6.04 Å². The summed E-state index contributed by atoms with van der Waals surface area (Å²) in [6.45, 7) is -0.164. The van der Waals surface area contributed by atoms with E-state index in [1.807, 2.05) is 0 Å². The summed E-state index contributed by atoms with van der Waals surface area (Å²) in [6, 6.07) is 9.38. The molecule has 1 aromatic heterocycles. The molecule has 19 heavy (non-hydrogen) atoms. The summed E-state index contributed by atoms with van der Waals surface area (Å²) < 4.78 is 18.5. The van der Waals surface area contributed by atoms with Crippen LogP contribution in [0, 0.1) is 5.82 Å². The number of aliphatic hydroxyl groups excluding tert-OH is 1. The minimum atomic E-state index is -0.421. The van der Waals surface area contributed by atoms with Gasteiger partial charge in [0.1, 0.15) is 5.82 Å². The van der Waals surface area contributed by atoms with E-state index in [0.717, 1.165) is 5.56 Å². The molecular formula is C14H15FN2O2. The van der Waals surface area contributed by atoms with Crippen molar-refractivity contribution in [1.29, 1.82) is 0 Å². The van der Waals surface area contributed by atoms with Crippen molar-refractivity contribution >= 4 is 5.69 Å². The summed E-state index contributed by atoms with van der Waals surface area (Å²) in [5.74, 6) is 0.133. The summed E-state index contributed by atoms with van der Waals surface area (Å²) in [5, 5.41) is 12.4. The first kappa shape index (κ1) is 13.3. The van der Waals surface area contributed by atoms with Crippen LogP contribution in [-0.4, -0.2) is 23.8 Å². The second-order valence-electron chi connectivity index (χ2n) is 3.99. The Labute approximate surface area is 110 Å². The Kier molecular flexibility index (Phi) is 4.30. The van der Waals surface area contributed by atoms with Crippen LogP contribution in [0.25, 0.3) is 0 Å². The molecule has 100 valence electrons. The zero-order valence-electron chi connectivity index (χ0n) is 10.5. The third-order valence-corrected chi connectivity index (χ3v) is 2.76. The lowest BCUT2D eigenvalue weighted by molar-refractivity contribution is 0.275. The van der Waals surface area contributed by atoms with E-state index in [-0.39, 0.29) is 12.4 Å². The van der Waals surface area contributed by atoms with Gasteiger partial charge in [0.2, 0.25) is 5.88 Å². The predicted octanol–water partition coefficient (Wildman–Crippen LogP) is 2.37. The molecule has 4 nitrogen and oxygen atoms in total. The monoisotopic (exact) mass is 262 g/mol. The average molecular weight is 262 g/mol. The van der Waals surface area contributed by atoms with Crippen molar-refractivity contribution in [2.75, 3.05) is 19.0 Å². The van der Waals surface area contributed by atoms with Crippen LogP contribution in [0.3, 0.4) is 0 Å². The number of hydrogen-bond acceptors (Lipinski definition) is 4. The number of aliphatic hydroxyl groups is 1. The van der Waals surface area contributed by atoms with Gasteiger partial charge in [0.05, 0.1) is 25.4 Å². The maximum Gasteiger partial charge on any atom is 0.212 e. The summed E-state index contributed by atoms with van der Waals surface area (Å²) >= 11 is 0. The molecule has 0 fully saturated rings. The molecule has 0 aliphatic heterocycles. The van der Waals surface area contributed by atoms with Crippen LogP contribution in [0.2, 0.25) is 0 Å². The number of pyridine rings is 1. The second kappa shape index (κ2) is 6.15. The topological polar surface area (TPSA) is 54.4 Å².